The predicted octanol–water partition coefficient (Wildman–Crippen LogP) is 5.66. The standard InChI is InChI=1S/3C6H9NO2.C6H14OS.2C5H10S/c3*1-4-3-5(8)7(2)6(4)9;1-3-4-7-5-6-8-2;2*1-3-4-5-6-2/h3*4H,3H2,1-2H3;3-6H2,1-2H3;2*3-4H,5H2,1-2H3. The minimum Gasteiger partial charge on any atom is -0.381 e. The Morgan fingerprint density at radius 3 is 1.06 bits per heavy atom. The molecule has 0 N–H and O–H groups in total. The molecule has 0 aliphatic carbocycles. The Bertz CT molecular complexity index is 882. The molecular weight excluding hydrogens is 659 g/mol. The van der Waals surface area contributed by atoms with Gasteiger partial charge in [-0.25, -0.2) is 0 Å². The number of nitrogens with zero attached hydrogens (tertiary/aromatic N) is 3. The highest BCUT2D eigenvalue weighted by molar-refractivity contribution is 7.99. The summed E-state index contributed by atoms with van der Waals surface area (Å²) in [7, 11) is 4.57. The quantitative estimate of drug-likeness (QED) is 0.168. The molecule has 3 unspecified atom stereocenters. The molecule has 3 atom stereocenters. The maximum Gasteiger partial charge on any atom is 0.232 e. The molecule has 0 radical (unpaired) electrons. The maximum atomic E-state index is 10.8. The molecule has 0 spiro atoms. The van der Waals surface area contributed by atoms with Crippen LogP contribution in [-0.4, -0.2) is 121 Å². The number of allylic oxidation sites excluding steroid dienone is 2. The average molecular weight is 720 g/mol. The highest BCUT2D eigenvalue weighted by atomic mass is 32.2. The van der Waals surface area contributed by atoms with Crippen LogP contribution in [0.1, 0.15) is 67.2 Å². The summed E-state index contributed by atoms with van der Waals surface area (Å²) in [4.78, 5) is 68.1. The summed E-state index contributed by atoms with van der Waals surface area (Å²) in [6.45, 7) is 13.3. The number of likely N-dealkylation sites (tertiary alicyclic amines) is 3. The summed E-state index contributed by atoms with van der Waals surface area (Å²) >= 11 is 5.51. The molecule has 6 amide bonds. The van der Waals surface area contributed by atoms with Gasteiger partial charge in [-0.2, -0.15) is 35.3 Å². The van der Waals surface area contributed by atoms with Crippen LogP contribution in [0.3, 0.4) is 0 Å². The number of rotatable bonds is 9. The van der Waals surface area contributed by atoms with Crippen LogP contribution < -0.4 is 0 Å². The molecule has 3 fully saturated rings. The van der Waals surface area contributed by atoms with E-state index < -0.39 is 0 Å². The Balaban J connectivity index is -0.000000499. The average Bonchev–Trinajstić information content (AvgIpc) is 3.52. The molecule has 0 aromatic carbocycles. The molecule has 0 aromatic rings. The van der Waals surface area contributed by atoms with E-state index in [0.29, 0.717) is 19.3 Å². The van der Waals surface area contributed by atoms with Crippen LogP contribution >= 0.6 is 35.3 Å². The van der Waals surface area contributed by atoms with E-state index in [1.165, 1.54) is 35.8 Å². The second-order valence-corrected chi connectivity index (χ2v) is 13.6. The number of carbonyl (C=O) groups excluding carboxylic acids is 6. The Morgan fingerprint density at radius 1 is 0.617 bits per heavy atom. The molecule has 272 valence electrons. The van der Waals surface area contributed by atoms with E-state index in [-0.39, 0.29) is 53.2 Å². The molecule has 13 heteroatoms. The van der Waals surface area contributed by atoms with E-state index in [1.807, 2.05) is 49.1 Å². The zero-order valence-corrected chi connectivity index (χ0v) is 33.3. The summed E-state index contributed by atoms with van der Waals surface area (Å²) in [6.07, 6.45) is 17.0. The lowest BCUT2D eigenvalue weighted by Crippen LogP contribution is -2.24. The third-order valence-electron chi connectivity index (χ3n) is 6.60. The van der Waals surface area contributed by atoms with Crippen molar-refractivity contribution in [3.05, 3.63) is 24.3 Å². The first kappa shape index (κ1) is 49.3. The lowest BCUT2D eigenvalue weighted by molar-refractivity contribution is -0.139. The summed E-state index contributed by atoms with van der Waals surface area (Å²) in [5.74, 6) is 2.78. The van der Waals surface area contributed by atoms with Crippen molar-refractivity contribution in [1.29, 1.82) is 0 Å². The van der Waals surface area contributed by atoms with E-state index in [9.17, 15) is 28.8 Å². The first-order valence-corrected chi connectivity index (χ1v) is 20.0. The molecule has 10 nitrogen and oxygen atoms in total. The van der Waals surface area contributed by atoms with Gasteiger partial charge >= 0.3 is 0 Å². The molecular formula is C34H61N3O7S3. The molecule has 3 rings (SSSR count). The molecule has 3 aliphatic rings. The summed E-state index contributed by atoms with van der Waals surface area (Å²) in [5, 5.41) is 0. The fourth-order valence-corrected chi connectivity index (χ4v) is 4.65. The van der Waals surface area contributed by atoms with Gasteiger partial charge in [0, 0.05) is 82.0 Å². The van der Waals surface area contributed by atoms with Gasteiger partial charge in [0.05, 0.1) is 6.61 Å². The number of ether oxygens (including phenoxy) is 1. The first-order valence-electron chi connectivity index (χ1n) is 15.8. The van der Waals surface area contributed by atoms with Gasteiger partial charge in [0.2, 0.25) is 35.4 Å². The SMILES string of the molecule is CC1CC(=O)N(C)C1=O.CC1CC(=O)N(C)C1=O.CC1CC(=O)N(C)C1=O.CC=CCSC.CC=CCSC.CCCOCCSC. The summed E-state index contributed by atoms with van der Waals surface area (Å²) in [5.41, 5.74) is 0. The van der Waals surface area contributed by atoms with Gasteiger partial charge in [0.25, 0.3) is 0 Å². The van der Waals surface area contributed by atoms with Crippen molar-refractivity contribution < 1.29 is 33.5 Å². The van der Waals surface area contributed by atoms with Gasteiger partial charge in [-0.15, -0.1) is 0 Å². The largest absolute Gasteiger partial charge is 0.381 e. The third-order valence-corrected chi connectivity index (χ3v) is 8.23. The summed E-state index contributed by atoms with van der Waals surface area (Å²) < 4.78 is 5.20. The topological polar surface area (TPSA) is 121 Å². The zero-order chi connectivity index (χ0) is 36.9. The maximum absolute atomic E-state index is 10.8. The van der Waals surface area contributed by atoms with Crippen LogP contribution in [0.5, 0.6) is 0 Å². The van der Waals surface area contributed by atoms with E-state index in [2.05, 4.69) is 50.0 Å². The van der Waals surface area contributed by atoms with Gasteiger partial charge in [0.15, 0.2) is 0 Å². The van der Waals surface area contributed by atoms with Crippen molar-refractivity contribution in [2.75, 3.05) is 70.4 Å². The molecule has 47 heavy (non-hydrogen) atoms. The van der Waals surface area contributed by atoms with Crippen LogP contribution in [0.25, 0.3) is 0 Å². The number of imide groups is 3. The van der Waals surface area contributed by atoms with Crippen molar-refractivity contribution in [2.24, 2.45) is 17.8 Å². The van der Waals surface area contributed by atoms with E-state index in [0.717, 1.165) is 36.9 Å². The highest BCUT2D eigenvalue weighted by Gasteiger charge is 2.33. The van der Waals surface area contributed by atoms with Crippen LogP contribution in [0.4, 0.5) is 0 Å². The monoisotopic (exact) mass is 719 g/mol. The van der Waals surface area contributed by atoms with Crippen molar-refractivity contribution in [3.8, 4) is 0 Å². The van der Waals surface area contributed by atoms with Crippen molar-refractivity contribution in [2.45, 2.75) is 67.2 Å². The van der Waals surface area contributed by atoms with Crippen LogP contribution in [0.15, 0.2) is 24.3 Å². The lowest BCUT2D eigenvalue weighted by Gasteiger charge is -2.03. The second kappa shape index (κ2) is 31.2. The molecule has 0 aromatic heterocycles. The fourth-order valence-electron chi connectivity index (χ4n) is 3.59. The van der Waals surface area contributed by atoms with E-state index >= 15 is 0 Å². The molecule has 0 bridgehead atoms. The fraction of sp³-hybridized carbons (Fsp3) is 0.706. The third kappa shape index (κ3) is 23.8. The molecule has 3 saturated heterocycles. The summed E-state index contributed by atoms with van der Waals surface area (Å²) in [6, 6.07) is 0. The molecule has 3 aliphatic heterocycles. The Labute approximate surface area is 297 Å². The van der Waals surface area contributed by atoms with Gasteiger partial charge in [-0.1, -0.05) is 52.0 Å². The lowest BCUT2D eigenvalue weighted by atomic mass is 10.1. The van der Waals surface area contributed by atoms with Crippen molar-refractivity contribution in [1.82, 2.24) is 14.7 Å². The van der Waals surface area contributed by atoms with E-state index in [4.69, 9.17) is 4.74 Å². The highest BCUT2D eigenvalue weighted by Crippen LogP contribution is 2.17. The number of amides is 6. The first-order chi connectivity index (χ1) is 22.1. The number of hydrogen-bond acceptors (Lipinski definition) is 10. The van der Waals surface area contributed by atoms with Crippen LogP contribution in [-0.2, 0) is 33.5 Å². The van der Waals surface area contributed by atoms with Crippen molar-refractivity contribution in [3.63, 3.8) is 0 Å². The van der Waals surface area contributed by atoms with Crippen LogP contribution in [0.2, 0.25) is 0 Å². The zero-order valence-electron chi connectivity index (χ0n) is 30.8. The van der Waals surface area contributed by atoms with Gasteiger partial charge in [-0.05, 0) is 39.0 Å². The predicted molar refractivity (Wildman–Crippen MR) is 201 cm³/mol. The van der Waals surface area contributed by atoms with Crippen LogP contribution in [0, 0.1) is 17.8 Å². The number of thioether (sulfide) groups is 3. The van der Waals surface area contributed by atoms with Gasteiger partial charge < -0.3 is 4.74 Å². The van der Waals surface area contributed by atoms with E-state index in [1.54, 1.807) is 20.8 Å². The normalized spacial score (nSPS) is 20.3. The van der Waals surface area contributed by atoms with Gasteiger partial charge in [0.1, 0.15) is 0 Å². The Kier molecular flexibility index (Phi) is 32.7. The Morgan fingerprint density at radius 2 is 0.936 bits per heavy atom. The van der Waals surface area contributed by atoms with Gasteiger partial charge in [-0.3, -0.25) is 43.5 Å². The minimum absolute atomic E-state index is 0.0556. The molecule has 3 heterocycles. The number of carbonyl (C=O) groups is 6. The second-order valence-electron chi connectivity index (χ2n) is 10.8. The van der Waals surface area contributed by atoms with Crippen molar-refractivity contribution >= 4 is 70.7 Å². The molecule has 0 saturated carbocycles. The minimum atomic E-state index is -0.0949. The smallest absolute Gasteiger partial charge is 0.232 e. The number of hydrogen-bond donors (Lipinski definition) is 0. The Hall–Kier alpha value is -2.09.